The molecule has 0 bridgehead atoms. The largest absolute Gasteiger partial charge is 0.480 e. The maximum absolute atomic E-state index is 12.3. The first-order chi connectivity index (χ1) is 10.7. The van der Waals surface area contributed by atoms with Crippen molar-refractivity contribution in [2.45, 2.75) is 58.1 Å². The standard InChI is InChI=1S/C17H25NO4S/c1-10-6-8-23-14(10)11-9-12(11)15(19)18-13(16(20)21)5-7-22-17(2,3)4/h6,8,11-13H,5,7,9H2,1-4H3,(H,18,19)(H,20,21). The van der Waals surface area contributed by atoms with E-state index in [-0.39, 0.29) is 29.8 Å². The zero-order chi connectivity index (χ0) is 17.2. The van der Waals surface area contributed by atoms with Crippen LogP contribution >= 0.6 is 11.3 Å². The van der Waals surface area contributed by atoms with E-state index in [0.29, 0.717) is 6.61 Å². The third-order valence-electron chi connectivity index (χ3n) is 3.92. The van der Waals surface area contributed by atoms with Crippen molar-refractivity contribution in [1.29, 1.82) is 0 Å². The lowest BCUT2D eigenvalue weighted by Crippen LogP contribution is -2.42. The molecule has 3 unspecified atom stereocenters. The Morgan fingerprint density at radius 1 is 1.48 bits per heavy atom. The van der Waals surface area contributed by atoms with Crippen LogP contribution in [-0.4, -0.2) is 35.2 Å². The average molecular weight is 339 g/mol. The molecule has 5 nitrogen and oxygen atoms in total. The maximum Gasteiger partial charge on any atom is 0.326 e. The van der Waals surface area contributed by atoms with Crippen molar-refractivity contribution in [1.82, 2.24) is 5.32 Å². The van der Waals surface area contributed by atoms with E-state index in [2.05, 4.69) is 11.4 Å². The molecule has 1 amide bonds. The molecule has 6 heteroatoms. The van der Waals surface area contributed by atoms with E-state index in [1.807, 2.05) is 33.1 Å². The van der Waals surface area contributed by atoms with Crippen LogP contribution in [0.1, 0.15) is 50.0 Å². The van der Waals surface area contributed by atoms with E-state index in [4.69, 9.17) is 4.74 Å². The van der Waals surface area contributed by atoms with E-state index >= 15 is 0 Å². The van der Waals surface area contributed by atoms with Gasteiger partial charge in [-0.2, -0.15) is 0 Å². The molecular formula is C17H25NO4S. The Bertz CT molecular complexity index is 575. The Kier molecular flexibility index (Phi) is 5.47. The van der Waals surface area contributed by atoms with Gasteiger partial charge >= 0.3 is 5.97 Å². The summed E-state index contributed by atoms with van der Waals surface area (Å²) in [6.45, 7) is 8.10. The summed E-state index contributed by atoms with van der Waals surface area (Å²) in [5, 5.41) is 14.0. The maximum atomic E-state index is 12.3. The Balaban J connectivity index is 1.85. The van der Waals surface area contributed by atoms with Gasteiger partial charge in [-0.3, -0.25) is 4.79 Å². The number of hydrogen-bond acceptors (Lipinski definition) is 4. The molecule has 0 radical (unpaired) electrons. The Hall–Kier alpha value is -1.40. The monoisotopic (exact) mass is 339 g/mol. The molecule has 1 aliphatic carbocycles. The van der Waals surface area contributed by atoms with Gasteiger partial charge in [0.2, 0.25) is 5.91 Å². The summed E-state index contributed by atoms with van der Waals surface area (Å²) in [5.41, 5.74) is 0.898. The second-order valence-corrected chi connectivity index (χ2v) is 8.01. The molecule has 1 fully saturated rings. The van der Waals surface area contributed by atoms with E-state index in [0.717, 1.165) is 6.42 Å². The lowest BCUT2D eigenvalue weighted by atomic mass is 10.1. The van der Waals surface area contributed by atoms with Crippen LogP contribution in [0.25, 0.3) is 0 Å². The molecule has 128 valence electrons. The summed E-state index contributed by atoms with van der Waals surface area (Å²) in [7, 11) is 0. The predicted molar refractivity (Wildman–Crippen MR) is 89.8 cm³/mol. The van der Waals surface area contributed by atoms with Crippen LogP contribution in [0.2, 0.25) is 0 Å². The highest BCUT2D eigenvalue weighted by Crippen LogP contribution is 2.50. The van der Waals surface area contributed by atoms with Gasteiger partial charge in [0, 0.05) is 29.7 Å². The second-order valence-electron chi connectivity index (χ2n) is 7.07. The van der Waals surface area contributed by atoms with Crippen LogP contribution in [0, 0.1) is 12.8 Å². The summed E-state index contributed by atoms with van der Waals surface area (Å²) in [4.78, 5) is 24.9. The number of aryl methyl sites for hydroxylation is 1. The van der Waals surface area contributed by atoms with Crippen LogP contribution in [0.15, 0.2) is 11.4 Å². The van der Waals surface area contributed by atoms with E-state index in [1.54, 1.807) is 11.3 Å². The zero-order valence-corrected chi connectivity index (χ0v) is 14.9. The molecule has 0 saturated heterocycles. The minimum atomic E-state index is -1.01. The molecule has 3 atom stereocenters. The third-order valence-corrected chi connectivity index (χ3v) is 5.07. The van der Waals surface area contributed by atoms with Crippen molar-refractivity contribution in [2.24, 2.45) is 5.92 Å². The van der Waals surface area contributed by atoms with Crippen molar-refractivity contribution in [3.05, 3.63) is 21.9 Å². The van der Waals surface area contributed by atoms with Gasteiger partial charge in [-0.15, -0.1) is 11.3 Å². The van der Waals surface area contributed by atoms with Crippen LogP contribution < -0.4 is 5.32 Å². The lowest BCUT2D eigenvalue weighted by Gasteiger charge is -2.21. The van der Waals surface area contributed by atoms with Crippen molar-refractivity contribution in [3.63, 3.8) is 0 Å². The SMILES string of the molecule is Cc1ccsc1C1CC1C(=O)NC(CCOC(C)(C)C)C(=O)O. The van der Waals surface area contributed by atoms with Gasteiger partial charge in [-0.25, -0.2) is 4.79 Å². The number of carbonyl (C=O) groups excluding carboxylic acids is 1. The Labute approximate surface area is 141 Å². The smallest absolute Gasteiger partial charge is 0.326 e. The van der Waals surface area contributed by atoms with Gasteiger partial charge in [0.1, 0.15) is 6.04 Å². The van der Waals surface area contributed by atoms with Crippen LogP contribution in [0.5, 0.6) is 0 Å². The van der Waals surface area contributed by atoms with Crippen LogP contribution in [0.3, 0.4) is 0 Å². The number of aliphatic carboxylic acids is 1. The lowest BCUT2D eigenvalue weighted by molar-refractivity contribution is -0.143. The second kappa shape index (κ2) is 7.01. The van der Waals surface area contributed by atoms with Crippen molar-refractivity contribution in [3.8, 4) is 0 Å². The first-order valence-electron chi connectivity index (χ1n) is 7.90. The highest BCUT2D eigenvalue weighted by atomic mass is 32.1. The van der Waals surface area contributed by atoms with Crippen molar-refractivity contribution < 1.29 is 19.4 Å². The molecule has 0 aromatic carbocycles. The molecule has 0 spiro atoms. The number of ether oxygens (including phenoxy) is 1. The molecule has 1 heterocycles. The minimum Gasteiger partial charge on any atom is -0.480 e. The molecule has 1 aromatic heterocycles. The Morgan fingerprint density at radius 3 is 2.70 bits per heavy atom. The number of carbonyl (C=O) groups is 2. The van der Waals surface area contributed by atoms with Gasteiger partial charge in [0.05, 0.1) is 5.60 Å². The highest BCUT2D eigenvalue weighted by molar-refractivity contribution is 7.10. The van der Waals surface area contributed by atoms with Gasteiger partial charge < -0.3 is 15.2 Å². The molecule has 23 heavy (non-hydrogen) atoms. The van der Waals surface area contributed by atoms with Gasteiger partial charge in [-0.05, 0) is 51.1 Å². The fourth-order valence-electron chi connectivity index (χ4n) is 2.56. The quantitative estimate of drug-likeness (QED) is 0.801. The molecule has 1 saturated carbocycles. The van der Waals surface area contributed by atoms with Crippen molar-refractivity contribution in [2.75, 3.05) is 6.61 Å². The zero-order valence-electron chi connectivity index (χ0n) is 14.1. The number of carboxylic acid groups (broad SMARTS) is 1. The topological polar surface area (TPSA) is 75.6 Å². The van der Waals surface area contributed by atoms with Crippen LogP contribution in [0.4, 0.5) is 0 Å². The Morgan fingerprint density at radius 2 is 2.17 bits per heavy atom. The fourth-order valence-corrected chi connectivity index (χ4v) is 3.67. The molecular weight excluding hydrogens is 314 g/mol. The van der Waals surface area contributed by atoms with E-state index < -0.39 is 12.0 Å². The number of hydrogen-bond donors (Lipinski definition) is 2. The number of carboxylic acids is 1. The van der Waals surface area contributed by atoms with Gasteiger partial charge in [0.25, 0.3) is 0 Å². The molecule has 1 aliphatic rings. The van der Waals surface area contributed by atoms with Crippen molar-refractivity contribution >= 4 is 23.2 Å². The first-order valence-corrected chi connectivity index (χ1v) is 8.78. The number of nitrogens with one attached hydrogen (secondary N) is 1. The fraction of sp³-hybridized carbons (Fsp3) is 0.647. The summed E-state index contributed by atoms with van der Waals surface area (Å²) < 4.78 is 5.55. The highest BCUT2D eigenvalue weighted by Gasteiger charge is 2.46. The third kappa shape index (κ3) is 5.04. The normalized spacial score (nSPS) is 21.7. The summed E-state index contributed by atoms with van der Waals surface area (Å²) in [6.07, 6.45) is 1.08. The number of thiophene rings is 1. The number of rotatable bonds is 7. The first kappa shape index (κ1) is 17.9. The molecule has 0 aliphatic heterocycles. The summed E-state index contributed by atoms with van der Waals surface area (Å²) in [6, 6.07) is 1.16. The van der Waals surface area contributed by atoms with Gasteiger partial charge in [-0.1, -0.05) is 0 Å². The van der Waals surface area contributed by atoms with E-state index in [9.17, 15) is 14.7 Å². The molecule has 2 N–H and O–H groups in total. The van der Waals surface area contributed by atoms with E-state index in [1.165, 1.54) is 10.4 Å². The summed E-state index contributed by atoms with van der Waals surface area (Å²) >= 11 is 1.67. The van der Waals surface area contributed by atoms with Crippen LogP contribution in [-0.2, 0) is 14.3 Å². The van der Waals surface area contributed by atoms with Gasteiger partial charge in [0.15, 0.2) is 0 Å². The summed E-state index contributed by atoms with van der Waals surface area (Å²) in [5.74, 6) is -1.03. The molecule has 1 aromatic rings. The molecule has 2 rings (SSSR count). The average Bonchev–Trinajstić information content (AvgIpc) is 3.11. The number of amides is 1. The minimum absolute atomic E-state index is 0.0993. The predicted octanol–water partition coefficient (Wildman–Crippen LogP) is 2.93.